The van der Waals surface area contributed by atoms with Gasteiger partial charge in [-0.05, 0) is 48.8 Å². The molecule has 2 aliphatic heterocycles. The van der Waals surface area contributed by atoms with E-state index in [2.05, 4.69) is 51.3 Å². The van der Waals surface area contributed by atoms with Gasteiger partial charge in [0, 0.05) is 55.7 Å². The van der Waals surface area contributed by atoms with Crippen LogP contribution in [0.5, 0.6) is 0 Å². The maximum atomic E-state index is 9.94. The third-order valence-corrected chi connectivity index (χ3v) is 8.53. The summed E-state index contributed by atoms with van der Waals surface area (Å²) >= 11 is 0. The topological polar surface area (TPSA) is 87.8 Å². The Bertz CT molecular complexity index is 1170. The van der Waals surface area contributed by atoms with Crippen molar-refractivity contribution in [3.05, 3.63) is 42.7 Å². The van der Waals surface area contributed by atoms with Crippen LogP contribution in [0.15, 0.2) is 36.9 Å². The van der Waals surface area contributed by atoms with Gasteiger partial charge in [-0.15, -0.1) is 0 Å². The van der Waals surface area contributed by atoms with Crippen molar-refractivity contribution in [2.24, 2.45) is 10.8 Å². The number of aromatic nitrogens is 4. The van der Waals surface area contributed by atoms with Crippen molar-refractivity contribution >= 4 is 11.2 Å². The van der Waals surface area contributed by atoms with Gasteiger partial charge in [0.25, 0.3) is 0 Å². The first kappa shape index (κ1) is 21.9. The minimum atomic E-state index is -0.364. The lowest BCUT2D eigenvalue weighted by Gasteiger charge is -2.59. The second-order valence-electron chi connectivity index (χ2n) is 11.0. The van der Waals surface area contributed by atoms with E-state index in [9.17, 15) is 5.11 Å². The number of aliphatic hydroxyl groups excluding tert-OH is 1. The highest BCUT2D eigenvalue weighted by Gasteiger charge is 2.52. The normalized spacial score (nSPS) is 25.7. The average Bonchev–Trinajstić information content (AvgIpc) is 3.41. The first-order valence-corrected chi connectivity index (χ1v) is 12.5. The fourth-order valence-corrected chi connectivity index (χ4v) is 5.95. The molecule has 34 heavy (non-hydrogen) atoms. The number of pyridine rings is 1. The molecule has 0 amide bonds. The van der Waals surface area contributed by atoms with Crippen LogP contribution in [0.25, 0.3) is 16.6 Å². The van der Waals surface area contributed by atoms with Gasteiger partial charge < -0.3 is 20.1 Å². The maximum Gasteiger partial charge on any atom is 0.153 e. The second-order valence-corrected chi connectivity index (χ2v) is 11.0. The van der Waals surface area contributed by atoms with Gasteiger partial charge in [-0.1, -0.05) is 13.8 Å². The molecule has 2 saturated heterocycles. The highest BCUT2D eigenvalue weighted by molar-refractivity contribution is 5.78. The van der Waals surface area contributed by atoms with Gasteiger partial charge in [0.1, 0.15) is 6.61 Å². The van der Waals surface area contributed by atoms with Crippen LogP contribution < -0.4 is 10.2 Å². The zero-order chi connectivity index (χ0) is 23.3. The number of nitrogens with zero attached hydrogens (tertiary/aromatic N) is 5. The molecule has 3 aromatic heterocycles. The number of nitrogens with one attached hydrogen (secondary N) is 1. The summed E-state index contributed by atoms with van der Waals surface area (Å²) in [6, 6.07) is 4.25. The molecule has 1 spiro atoms. The Labute approximate surface area is 200 Å². The SMILES string of the molecule is CC1(C)CN(c2cnn3ccc(-c4cnc(CO[C@H]5CCC[C@@H]5O)nc4)cc23)CCC12CNC2. The molecule has 5 heterocycles. The number of ether oxygens (including phenoxy) is 1. The summed E-state index contributed by atoms with van der Waals surface area (Å²) in [5.74, 6) is 0.643. The Kier molecular flexibility index (Phi) is 5.35. The second kappa shape index (κ2) is 8.29. The quantitative estimate of drug-likeness (QED) is 0.603. The zero-order valence-corrected chi connectivity index (χ0v) is 20.1. The fourth-order valence-electron chi connectivity index (χ4n) is 5.95. The molecule has 0 bridgehead atoms. The third-order valence-electron chi connectivity index (χ3n) is 8.53. The van der Waals surface area contributed by atoms with Crippen molar-refractivity contribution < 1.29 is 9.84 Å². The molecule has 2 atom stereocenters. The van der Waals surface area contributed by atoms with Crippen molar-refractivity contribution in [2.75, 3.05) is 31.1 Å². The first-order chi connectivity index (χ1) is 16.4. The van der Waals surface area contributed by atoms with Crippen molar-refractivity contribution in [2.45, 2.75) is 58.3 Å². The minimum Gasteiger partial charge on any atom is -0.390 e. The smallest absolute Gasteiger partial charge is 0.153 e. The van der Waals surface area contributed by atoms with Gasteiger partial charge in [-0.25, -0.2) is 14.5 Å². The van der Waals surface area contributed by atoms with Crippen LogP contribution >= 0.6 is 0 Å². The van der Waals surface area contributed by atoms with Gasteiger partial charge in [0.15, 0.2) is 5.82 Å². The van der Waals surface area contributed by atoms with E-state index < -0.39 is 0 Å². The first-order valence-electron chi connectivity index (χ1n) is 12.5. The number of anilines is 1. The average molecular weight is 463 g/mol. The molecule has 6 rings (SSSR count). The van der Waals surface area contributed by atoms with Crippen LogP contribution in [0, 0.1) is 10.8 Å². The number of fused-ring (bicyclic) bond motifs is 1. The highest BCUT2D eigenvalue weighted by atomic mass is 16.5. The van der Waals surface area contributed by atoms with Gasteiger partial charge in [0.05, 0.1) is 29.6 Å². The van der Waals surface area contributed by atoms with E-state index >= 15 is 0 Å². The monoisotopic (exact) mass is 462 g/mol. The minimum absolute atomic E-state index is 0.0961. The van der Waals surface area contributed by atoms with Crippen LogP contribution in [0.2, 0.25) is 0 Å². The largest absolute Gasteiger partial charge is 0.390 e. The van der Waals surface area contributed by atoms with Crippen LogP contribution in [-0.2, 0) is 11.3 Å². The molecule has 8 nitrogen and oxygen atoms in total. The lowest BCUT2D eigenvalue weighted by molar-refractivity contribution is -0.0295. The van der Waals surface area contributed by atoms with Crippen LogP contribution in [0.1, 0.15) is 45.4 Å². The van der Waals surface area contributed by atoms with Crippen molar-refractivity contribution in [1.82, 2.24) is 24.9 Å². The molecule has 3 fully saturated rings. The number of rotatable bonds is 5. The van der Waals surface area contributed by atoms with E-state index in [1.165, 1.54) is 12.1 Å². The van der Waals surface area contributed by atoms with E-state index in [0.717, 1.165) is 62.1 Å². The van der Waals surface area contributed by atoms with Crippen LogP contribution in [0.3, 0.4) is 0 Å². The van der Waals surface area contributed by atoms with E-state index in [4.69, 9.17) is 4.74 Å². The summed E-state index contributed by atoms with van der Waals surface area (Å²) in [5.41, 5.74) is 5.03. The molecule has 0 radical (unpaired) electrons. The van der Waals surface area contributed by atoms with E-state index in [1.807, 2.05) is 29.3 Å². The molecule has 1 aliphatic carbocycles. The van der Waals surface area contributed by atoms with E-state index in [0.29, 0.717) is 17.8 Å². The fraction of sp³-hybridized carbons (Fsp3) is 0.577. The maximum absolute atomic E-state index is 9.94. The molecule has 180 valence electrons. The Morgan fingerprint density at radius 2 is 1.97 bits per heavy atom. The highest BCUT2D eigenvalue weighted by Crippen LogP contribution is 2.49. The lowest BCUT2D eigenvalue weighted by Crippen LogP contribution is -2.67. The van der Waals surface area contributed by atoms with Crippen molar-refractivity contribution in [3.63, 3.8) is 0 Å². The third kappa shape index (κ3) is 3.68. The van der Waals surface area contributed by atoms with E-state index in [1.54, 1.807) is 0 Å². The molecule has 1 saturated carbocycles. The number of hydrogen-bond acceptors (Lipinski definition) is 7. The summed E-state index contributed by atoms with van der Waals surface area (Å²) in [4.78, 5) is 11.5. The number of piperidine rings is 1. The van der Waals surface area contributed by atoms with Gasteiger partial charge in [-0.3, -0.25) is 0 Å². The Morgan fingerprint density at radius 3 is 2.65 bits per heavy atom. The standard InChI is InChI=1S/C26H34N6O2/c1-25(2)17-31(9-7-26(25)15-27-16-26)21-13-30-32-8-6-18(10-20(21)32)19-11-28-24(29-12-19)14-34-23-5-3-4-22(23)33/h6,8,10-13,22-23,27,33H,3-5,7,9,14-17H2,1-2H3/t22-,23-/m0/s1. The summed E-state index contributed by atoms with van der Waals surface area (Å²) in [6.45, 7) is 9.51. The van der Waals surface area contributed by atoms with Crippen LogP contribution in [-0.4, -0.2) is 63.1 Å². The molecular formula is C26H34N6O2. The number of aliphatic hydroxyl groups is 1. The molecule has 8 heteroatoms. The molecular weight excluding hydrogens is 428 g/mol. The number of hydrogen-bond donors (Lipinski definition) is 2. The lowest BCUT2D eigenvalue weighted by atomic mass is 9.58. The summed E-state index contributed by atoms with van der Waals surface area (Å²) in [7, 11) is 0. The summed E-state index contributed by atoms with van der Waals surface area (Å²) in [6.07, 6.45) is 11.2. The molecule has 3 aromatic rings. The Morgan fingerprint density at radius 1 is 1.15 bits per heavy atom. The molecule has 3 aliphatic rings. The van der Waals surface area contributed by atoms with Crippen LogP contribution in [0.4, 0.5) is 5.69 Å². The summed E-state index contributed by atoms with van der Waals surface area (Å²) < 4.78 is 7.78. The van der Waals surface area contributed by atoms with Gasteiger partial charge in [-0.2, -0.15) is 5.10 Å². The molecule has 0 aromatic carbocycles. The summed E-state index contributed by atoms with van der Waals surface area (Å²) in [5, 5.41) is 18.1. The molecule has 2 N–H and O–H groups in total. The Hall–Kier alpha value is -2.55. The Balaban J connectivity index is 1.20. The van der Waals surface area contributed by atoms with Crippen molar-refractivity contribution in [1.29, 1.82) is 0 Å². The van der Waals surface area contributed by atoms with E-state index in [-0.39, 0.29) is 17.6 Å². The van der Waals surface area contributed by atoms with Gasteiger partial charge >= 0.3 is 0 Å². The predicted molar refractivity (Wildman–Crippen MR) is 131 cm³/mol. The predicted octanol–water partition coefficient (Wildman–Crippen LogP) is 3.05. The van der Waals surface area contributed by atoms with Crippen molar-refractivity contribution in [3.8, 4) is 11.1 Å². The van der Waals surface area contributed by atoms with Gasteiger partial charge in [0.2, 0.25) is 0 Å². The zero-order valence-electron chi connectivity index (χ0n) is 20.1. The molecule has 0 unspecified atom stereocenters.